The minimum Gasteiger partial charge on any atom is -0.384 e. The van der Waals surface area contributed by atoms with Crippen molar-refractivity contribution in [3.8, 4) is 11.8 Å². The van der Waals surface area contributed by atoms with Crippen LogP contribution in [-0.4, -0.2) is 16.4 Å². The highest BCUT2D eigenvalue weighted by Crippen LogP contribution is 2.25. The van der Waals surface area contributed by atoms with E-state index in [-0.39, 0.29) is 27.5 Å². The molecule has 7 nitrogen and oxygen atoms in total. The average molecular weight is 315 g/mol. The molecule has 0 bridgehead atoms. The van der Waals surface area contributed by atoms with Gasteiger partial charge in [-0.3, -0.25) is 24.3 Å². The Kier molecular flexibility index (Phi) is 2.97. The maximum absolute atomic E-state index is 12.2. The van der Waals surface area contributed by atoms with Crippen LogP contribution in [0.2, 0.25) is 5.02 Å². The van der Waals surface area contributed by atoms with Gasteiger partial charge in [-0.05, 0) is 18.2 Å². The lowest BCUT2D eigenvalue weighted by Crippen LogP contribution is -2.24. The molecule has 1 aromatic heterocycles. The monoisotopic (exact) mass is 314 g/mol. The van der Waals surface area contributed by atoms with Crippen molar-refractivity contribution in [3.63, 3.8) is 0 Å². The highest BCUT2D eigenvalue weighted by atomic mass is 35.5. The fourth-order valence-corrected chi connectivity index (χ4v) is 2.50. The molecule has 8 heteroatoms. The van der Waals surface area contributed by atoms with Crippen molar-refractivity contribution in [2.24, 2.45) is 0 Å². The first-order chi connectivity index (χ1) is 10.4. The van der Waals surface area contributed by atoms with E-state index in [1.807, 2.05) is 6.07 Å². The largest absolute Gasteiger partial charge is 0.384 e. The number of nitriles is 1. The van der Waals surface area contributed by atoms with Crippen LogP contribution in [0.25, 0.3) is 5.69 Å². The summed E-state index contributed by atoms with van der Waals surface area (Å²) in [7, 11) is 0. The zero-order chi connectivity index (χ0) is 16.0. The Balaban J connectivity index is 2.30. The number of carbonyl (C=O) groups excluding carboxylic acids is 2. The molecule has 2 heterocycles. The Morgan fingerprint density at radius 1 is 1.18 bits per heavy atom. The lowest BCUT2D eigenvalue weighted by atomic mass is 10.1. The summed E-state index contributed by atoms with van der Waals surface area (Å²) >= 11 is 5.94. The van der Waals surface area contributed by atoms with Gasteiger partial charge in [-0.15, -0.1) is 0 Å². The first-order valence-electron chi connectivity index (χ1n) is 6.05. The Labute approximate surface area is 128 Å². The molecule has 0 radical (unpaired) electrons. The summed E-state index contributed by atoms with van der Waals surface area (Å²) in [5.41, 5.74) is 5.73. The fraction of sp³-hybridized carbons (Fsp3) is 0. The molecule has 0 saturated heterocycles. The molecule has 0 unspecified atom stereocenters. The summed E-state index contributed by atoms with van der Waals surface area (Å²) in [6, 6.07) is 7.23. The number of nitrogens with one attached hydrogen (secondary N) is 1. The van der Waals surface area contributed by atoms with Crippen LogP contribution in [0.4, 0.5) is 5.82 Å². The van der Waals surface area contributed by atoms with Crippen molar-refractivity contribution in [3.05, 3.63) is 56.3 Å². The summed E-state index contributed by atoms with van der Waals surface area (Å²) in [5, 5.41) is 11.1. The van der Waals surface area contributed by atoms with E-state index in [1.54, 1.807) is 0 Å². The van der Waals surface area contributed by atoms with Gasteiger partial charge in [0.05, 0.1) is 27.4 Å². The van der Waals surface area contributed by atoms with Crippen LogP contribution in [0.3, 0.4) is 0 Å². The summed E-state index contributed by atoms with van der Waals surface area (Å²) in [4.78, 5) is 35.5. The van der Waals surface area contributed by atoms with Crippen LogP contribution in [0, 0.1) is 11.3 Å². The second-order valence-corrected chi connectivity index (χ2v) is 4.96. The average Bonchev–Trinajstić information content (AvgIpc) is 2.74. The lowest BCUT2D eigenvalue weighted by Gasteiger charge is -2.12. The number of benzene rings is 1. The fourth-order valence-electron chi connectivity index (χ4n) is 2.28. The number of hydrogen-bond acceptors (Lipinski definition) is 5. The Bertz CT molecular complexity index is 956. The molecule has 3 N–H and O–H groups in total. The highest BCUT2D eigenvalue weighted by molar-refractivity contribution is 6.32. The Hall–Kier alpha value is -3.11. The number of nitrogens with two attached hydrogens (primary N) is 1. The van der Waals surface area contributed by atoms with E-state index in [0.717, 1.165) is 10.6 Å². The van der Waals surface area contributed by atoms with Crippen LogP contribution in [-0.2, 0) is 0 Å². The zero-order valence-electron chi connectivity index (χ0n) is 10.9. The lowest BCUT2D eigenvalue weighted by molar-refractivity contribution is 0.0880. The number of anilines is 1. The van der Waals surface area contributed by atoms with Crippen LogP contribution >= 0.6 is 11.6 Å². The maximum Gasteiger partial charge on any atom is 0.262 e. The number of carbonyl (C=O) groups is 2. The van der Waals surface area contributed by atoms with E-state index in [9.17, 15) is 14.4 Å². The normalized spacial score (nSPS) is 12.7. The van der Waals surface area contributed by atoms with Crippen molar-refractivity contribution < 1.29 is 9.59 Å². The minimum atomic E-state index is -0.661. The van der Waals surface area contributed by atoms with Crippen molar-refractivity contribution >= 4 is 29.2 Å². The summed E-state index contributed by atoms with van der Waals surface area (Å²) in [6.45, 7) is 0. The van der Waals surface area contributed by atoms with Gasteiger partial charge in [-0.2, -0.15) is 5.26 Å². The molecule has 1 aliphatic heterocycles. The quantitative estimate of drug-likeness (QED) is 0.756. The molecule has 0 atom stereocenters. The summed E-state index contributed by atoms with van der Waals surface area (Å²) in [5.74, 6) is -1.48. The smallest absolute Gasteiger partial charge is 0.262 e. The van der Waals surface area contributed by atoms with Crippen LogP contribution in [0.15, 0.2) is 29.1 Å². The van der Waals surface area contributed by atoms with E-state index < -0.39 is 17.4 Å². The topological polar surface area (TPSA) is 118 Å². The first-order valence-corrected chi connectivity index (χ1v) is 6.43. The standard InChI is InChI=1S/C14H7ClN4O3/c15-9-3-7(2-1-6(9)5-16)19-10(20)4-8-11(12(19)17)14(22)18-13(8)21/h1-4H,17H2,(H,18,21,22). The van der Waals surface area contributed by atoms with Gasteiger partial charge in [0.25, 0.3) is 17.4 Å². The third-order valence-corrected chi connectivity index (χ3v) is 3.60. The molecule has 108 valence electrons. The van der Waals surface area contributed by atoms with E-state index in [0.29, 0.717) is 5.69 Å². The maximum atomic E-state index is 12.2. The molecular weight excluding hydrogens is 308 g/mol. The molecule has 22 heavy (non-hydrogen) atoms. The number of amides is 2. The van der Waals surface area contributed by atoms with Gasteiger partial charge in [0, 0.05) is 6.07 Å². The van der Waals surface area contributed by atoms with Crippen LogP contribution < -0.4 is 16.6 Å². The van der Waals surface area contributed by atoms with Crippen molar-refractivity contribution in [2.75, 3.05) is 5.73 Å². The number of imide groups is 1. The molecule has 1 aromatic carbocycles. The van der Waals surface area contributed by atoms with E-state index in [4.69, 9.17) is 22.6 Å². The van der Waals surface area contributed by atoms with Gasteiger partial charge in [0.15, 0.2) is 0 Å². The van der Waals surface area contributed by atoms with E-state index >= 15 is 0 Å². The number of nitrogen functional groups attached to an aromatic ring is 1. The number of halogens is 1. The molecule has 0 fully saturated rings. The molecular formula is C14H7ClN4O3. The Morgan fingerprint density at radius 2 is 1.91 bits per heavy atom. The second-order valence-electron chi connectivity index (χ2n) is 4.55. The Morgan fingerprint density at radius 3 is 2.55 bits per heavy atom. The predicted octanol–water partition coefficient (Wildman–Crippen LogP) is 0.828. The molecule has 2 aromatic rings. The number of nitrogens with zero attached hydrogens (tertiary/aromatic N) is 2. The second kappa shape index (κ2) is 4.72. The third-order valence-electron chi connectivity index (χ3n) is 3.28. The summed E-state index contributed by atoms with van der Waals surface area (Å²) in [6.07, 6.45) is 0. The van der Waals surface area contributed by atoms with Gasteiger partial charge in [0.2, 0.25) is 0 Å². The SMILES string of the molecule is N#Cc1ccc(-n2c(N)c3c(cc2=O)C(=O)NC3=O)cc1Cl. The molecule has 3 rings (SSSR count). The molecule has 0 aliphatic carbocycles. The predicted molar refractivity (Wildman–Crippen MR) is 78.0 cm³/mol. The number of hydrogen-bond donors (Lipinski definition) is 2. The van der Waals surface area contributed by atoms with Crippen molar-refractivity contribution in [1.29, 1.82) is 5.26 Å². The molecule has 2 amide bonds. The molecule has 0 saturated carbocycles. The number of rotatable bonds is 1. The number of pyridine rings is 1. The summed E-state index contributed by atoms with van der Waals surface area (Å²) < 4.78 is 1.06. The van der Waals surface area contributed by atoms with Crippen molar-refractivity contribution in [2.45, 2.75) is 0 Å². The molecule has 1 aliphatic rings. The van der Waals surface area contributed by atoms with Gasteiger partial charge >= 0.3 is 0 Å². The minimum absolute atomic E-state index is 0.0508. The zero-order valence-corrected chi connectivity index (χ0v) is 11.6. The van der Waals surface area contributed by atoms with Gasteiger partial charge in [-0.1, -0.05) is 11.6 Å². The van der Waals surface area contributed by atoms with Crippen LogP contribution in [0.1, 0.15) is 26.3 Å². The van der Waals surface area contributed by atoms with Gasteiger partial charge in [-0.25, -0.2) is 0 Å². The highest BCUT2D eigenvalue weighted by Gasteiger charge is 2.31. The number of aromatic nitrogens is 1. The number of fused-ring (bicyclic) bond motifs is 1. The van der Waals surface area contributed by atoms with Gasteiger partial charge < -0.3 is 5.73 Å². The van der Waals surface area contributed by atoms with Crippen LogP contribution in [0.5, 0.6) is 0 Å². The third kappa shape index (κ3) is 1.86. The first kappa shape index (κ1) is 13.9. The van der Waals surface area contributed by atoms with Crippen molar-refractivity contribution in [1.82, 2.24) is 9.88 Å². The van der Waals surface area contributed by atoms with E-state index in [2.05, 4.69) is 5.32 Å². The molecule has 0 spiro atoms. The van der Waals surface area contributed by atoms with Gasteiger partial charge in [0.1, 0.15) is 11.9 Å². The van der Waals surface area contributed by atoms with E-state index in [1.165, 1.54) is 18.2 Å².